The Hall–Kier alpha value is -0.890. The van der Waals surface area contributed by atoms with Gasteiger partial charge in [-0.3, -0.25) is 4.99 Å². The standard InChI is InChI=1S/C13H23NO/c1-7-9-14-13(12(5)15-6)11(4)10(3)8-2/h8-9,12H,7H2,1-6H3/b10-8-,13-11+,14-9?. The smallest absolute Gasteiger partial charge is 0.0965 e. The molecule has 0 aromatic heterocycles. The summed E-state index contributed by atoms with van der Waals surface area (Å²) in [4.78, 5) is 4.47. The van der Waals surface area contributed by atoms with Gasteiger partial charge in [0.2, 0.25) is 0 Å². The van der Waals surface area contributed by atoms with E-state index in [1.165, 1.54) is 11.1 Å². The van der Waals surface area contributed by atoms with Crippen LogP contribution in [0.2, 0.25) is 0 Å². The molecule has 0 rings (SSSR count). The highest BCUT2D eigenvalue weighted by molar-refractivity contribution is 5.59. The van der Waals surface area contributed by atoms with Crippen LogP contribution in [-0.2, 0) is 4.74 Å². The normalized spacial score (nSPS) is 16.8. The fraction of sp³-hybridized carbons (Fsp3) is 0.615. The van der Waals surface area contributed by atoms with Gasteiger partial charge in [-0.2, -0.15) is 0 Å². The lowest BCUT2D eigenvalue weighted by molar-refractivity contribution is 0.145. The zero-order valence-corrected chi connectivity index (χ0v) is 10.8. The number of hydrogen-bond donors (Lipinski definition) is 0. The third-order valence-corrected chi connectivity index (χ3v) is 2.56. The number of aliphatic imine (C=N–C) groups is 1. The second-order valence-corrected chi connectivity index (χ2v) is 3.58. The summed E-state index contributed by atoms with van der Waals surface area (Å²) in [5.74, 6) is 0. The van der Waals surface area contributed by atoms with Crippen molar-refractivity contribution in [2.24, 2.45) is 4.99 Å². The van der Waals surface area contributed by atoms with Crippen LogP contribution < -0.4 is 0 Å². The highest BCUT2D eigenvalue weighted by Crippen LogP contribution is 2.19. The Morgan fingerprint density at radius 2 is 2.00 bits per heavy atom. The largest absolute Gasteiger partial charge is 0.375 e. The van der Waals surface area contributed by atoms with Gasteiger partial charge < -0.3 is 4.74 Å². The van der Waals surface area contributed by atoms with Gasteiger partial charge in [-0.25, -0.2) is 0 Å². The second-order valence-electron chi connectivity index (χ2n) is 3.58. The molecule has 0 bridgehead atoms. The summed E-state index contributed by atoms with van der Waals surface area (Å²) in [6.45, 7) is 10.3. The van der Waals surface area contributed by atoms with E-state index in [1.807, 2.05) is 20.1 Å². The molecule has 0 fully saturated rings. The Balaban J connectivity index is 5.15. The van der Waals surface area contributed by atoms with E-state index in [0.717, 1.165) is 12.1 Å². The maximum atomic E-state index is 5.33. The Labute approximate surface area is 93.7 Å². The molecular formula is C13H23NO. The molecule has 15 heavy (non-hydrogen) atoms. The number of nitrogens with zero attached hydrogens (tertiary/aromatic N) is 1. The molecule has 2 heteroatoms. The van der Waals surface area contributed by atoms with Crippen LogP contribution in [0.1, 0.15) is 41.0 Å². The molecule has 0 aliphatic heterocycles. The molecule has 0 saturated carbocycles. The van der Waals surface area contributed by atoms with Gasteiger partial charge in [0.05, 0.1) is 11.8 Å². The molecule has 1 unspecified atom stereocenters. The maximum Gasteiger partial charge on any atom is 0.0965 e. The minimum Gasteiger partial charge on any atom is -0.375 e. The van der Waals surface area contributed by atoms with Gasteiger partial charge >= 0.3 is 0 Å². The SMILES string of the molecule is C/C=C(C)\C(C)=C(\N=CCC)C(C)OC. The third kappa shape index (κ3) is 4.43. The fourth-order valence-corrected chi connectivity index (χ4v) is 1.23. The highest BCUT2D eigenvalue weighted by Gasteiger charge is 2.10. The number of ether oxygens (including phenoxy) is 1. The topological polar surface area (TPSA) is 21.6 Å². The Morgan fingerprint density at radius 3 is 2.40 bits per heavy atom. The molecule has 0 aromatic carbocycles. The summed E-state index contributed by atoms with van der Waals surface area (Å²) >= 11 is 0. The molecule has 0 saturated heterocycles. The van der Waals surface area contributed by atoms with Crippen LogP contribution in [0.4, 0.5) is 0 Å². The van der Waals surface area contributed by atoms with Crippen molar-refractivity contribution in [3.8, 4) is 0 Å². The first kappa shape index (κ1) is 14.1. The van der Waals surface area contributed by atoms with Gasteiger partial charge in [0, 0.05) is 13.3 Å². The monoisotopic (exact) mass is 209 g/mol. The van der Waals surface area contributed by atoms with Gasteiger partial charge in [-0.05, 0) is 39.7 Å². The minimum absolute atomic E-state index is 0.0442. The predicted molar refractivity (Wildman–Crippen MR) is 67.4 cm³/mol. The molecule has 0 amide bonds. The van der Waals surface area contributed by atoms with E-state index in [4.69, 9.17) is 4.74 Å². The van der Waals surface area contributed by atoms with Gasteiger partial charge in [-0.1, -0.05) is 18.6 Å². The lowest BCUT2D eigenvalue weighted by atomic mass is 10.0. The van der Waals surface area contributed by atoms with Crippen molar-refractivity contribution >= 4 is 6.21 Å². The lowest BCUT2D eigenvalue weighted by Gasteiger charge is -2.14. The summed E-state index contributed by atoms with van der Waals surface area (Å²) in [6.07, 6.45) is 5.01. The van der Waals surface area contributed by atoms with Crippen LogP contribution in [0.5, 0.6) is 0 Å². The molecule has 2 nitrogen and oxygen atoms in total. The van der Waals surface area contributed by atoms with Gasteiger partial charge in [0.1, 0.15) is 0 Å². The number of allylic oxidation sites excluding steroid dienone is 3. The quantitative estimate of drug-likeness (QED) is 0.499. The van der Waals surface area contributed by atoms with E-state index in [-0.39, 0.29) is 6.10 Å². The van der Waals surface area contributed by atoms with E-state index < -0.39 is 0 Å². The summed E-state index contributed by atoms with van der Waals surface area (Å²) in [7, 11) is 1.71. The molecule has 0 aliphatic carbocycles. The summed E-state index contributed by atoms with van der Waals surface area (Å²) in [6, 6.07) is 0. The van der Waals surface area contributed by atoms with Crippen LogP contribution in [0.3, 0.4) is 0 Å². The Morgan fingerprint density at radius 1 is 1.40 bits per heavy atom. The van der Waals surface area contributed by atoms with E-state index in [2.05, 4.69) is 31.8 Å². The van der Waals surface area contributed by atoms with Crippen molar-refractivity contribution in [2.75, 3.05) is 7.11 Å². The van der Waals surface area contributed by atoms with E-state index in [0.29, 0.717) is 0 Å². The average Bonchev–Trinajstić information content (AvgIpc) is 2.27. The molecule has 0 heterocycles. The molecule has 0 radical (unpaired) electrons. The van der Waals surface area contributed by atoms with Crippen LogP contribution in [0.15, 0.2) is 27.9 Å². The first-order valence-corrected chi connectivity index (χ1v) is 5.47. The third-order valence-electron chi connectivity index (χ3n) is 2.56. The van der Waals surface area contributed by atoms with Gasteiger partial charge in [0.15, 0.2) is 0 Å². The number of methoxy groups -OCH3 is 1. The van der Waals surface area contributed by atoms with Crippen molar-refractivity contribution in [1.29, 1.82) is 0 Å². The maximum absolute atomic E-state index is 5.33. The molecule has 0 aliphatic rings. The van der Waals surface area contributed by atoms with Crippen LogP contribution in [-0.4, -0.2) is 19.4 Å². The van der Waals surface area contributed by atoms with Crippen molar-refractivity contribution in [3.63, 3.8) is 0 Å². The molecule has 0 aromatic rings. The van der Waals surface area contributed by atoms with Crippen LogP contribution in [0.25, 0.3) is 0 Å². The van der Waals surface area contributed by atoms with E-state index >= 15 is 0 Å². The summed E-state index contributed by atoms with van der Waals surface area (Å²) < 4.78 is 5.33. The van der Waals surface area contributed by atoms with Gasteiger partial charge in [-0.15, -0.1) is 0 Å². The second kappa shape index (κ2) is 7.41. The lowest BCUT2D eigenvalue weighted by Crippen LogP contribution is -2.10. The van der Waals surface area contributed by atoms with Crippen molar-refractivity contribution in [1.82, 2.24) is 0 Å². The minimum atomic E-state index is 0.0442. The van der Waals surface area contributed by atoms with Crippen molar-refractivity contribution in [3.05, 3.63) is 22.9 Å². The van der Waals surface area contributed by atoms with Crippen molar-refractivity contribution in [2.45, 2.75) is 47.1 Å². The fourth-order valence-electron chi connectivity index (χ4n) is 1.23. The number of hydrogen-bond acceptors (Lipinski definition) is 2. The van der Waals surface area contributed by atoms with E-state index in [9.17, 15) is 0 Å². The van der Waals surface area contributed by atoms with Gasteiger partial charge in [0.25, 0.3) is 0 Å². The average molecular weight is 209 g/mol. The number of rotatable bonds is 5. The zero-order chi connectivity index (χ0) is 11.8. The predicted octanol–water partition coefficient (Wildman–Crippen LogP) is 3.74. The van der Waals surface area contributed by atoms with Crippen LogP contribution in [0, 0.1) is 0 Å². The van der Waals surface area contributed by atoms with E-state index in [1.54, 1.807) is 7.11 Å². The summed E-state index contributed by atoms with van der Waals surface area (Å²) in [5, 5.41) is 0. The molecule has 0 spiro atoms. The Bertz CT molecular complexity index is 274. The first-order valence-electron chi connectivity index (χ1n) is 5.47. The molecule has 86 valence electrons. The molecule has 1 atom stereocenters. The zero-order valence-electron chi connectivity index (χ0n) is 10.8. The molecule has 0 N–H and O–H groups in total. The van der Waals surface area contributed by atoms with Crippen molar-refractivity contribution < 1.29 is 4.74 Å². The molecular weight excluding hydrogens is 186 g/mol. The highest BCUT2D eigenvalue weighted by atomic mass is 16.5. The van der Waals surface area contributed by atoms with Crippen LogP contribution >= 0.6 is 0 Å². The summed E-state index contributed by atoms with van der Waals surface area (Å²) in [5.41, 5.74) is 3.48. The Kier molecular flexibility index (Phi) is 6.97. The first-order chi connectivity index (χ1) is 7.08.